The summed E-state index contributed by atoms with van der Waals surface area (Å²) in [6.07, 6.45) is 0.0668. The molecule has 1 saturated heterocycles. The minimum absolute atomic E-state index is 0.0484. The summed E-state index contributed by atoms with van der Waals surface area (Å²) >= 11 is 0. The quantitative estimate of drug-likeness (QED) is 0.753. The average molecular weight is 394 g/mol. The van der Waals surface area contributed by atoms with Crippen molar-refractivity contribution in [3.63, 3.8) is 0 Å². The van der Waals surface area contributed by atoms with Gasteiger partial charge in [0.25, 0.3) is 0 Å². The maximum atomic E-state index is 12.4. The molecule has 1 fully saturated rings. The fraction of sp³-hybridized carbons (Fsp3) is 0.391. The van der Waals surface area contributed by atoms with E-state index in [2.05, 4.69) is 13.0 Å². The number of carbonyl (C=O) groups is 2. The number of benzene rings is 2. The maximum absolute atomic E-state index is 12.4. The first-order chi connectivity index (χ1) is 13.9. The van der Waals surface area contributed by atoms with Crippen LogP contribution < -0.4 is 9.84 Å². The minimum Gasteiger partial charge on any atom is -0.543 e. The second-order valence-electron chi connectivity index (χ2n) is 7.83. The topological polar surface area (TPSA) is 89.9 Å². The summed E-state index contributed by atoms with van der Waals surface area (Å²) in [6, 6.07) is 11.5. The van der Waals surface area contributed by atoms with Gasteiger partial charge in [-0.25, -0.2) is 0 Å². The summed E-state index contributed by atoms with van der Waals surface area (Å²) in [4.78, 5) is 25.5. The van der Waals surface area contributed by atoms with E-state index in [-0.39, 0.29) is 30.2 Å². The Morgan fingerprint density at radius 1 is 1.24 bits per heavy atom. The smallest absolute Gasteiger partial charge is 0.235 e. The van der Waals surface area contributed by atoms with Crippen molar-refractivity contribution < 1.29 is 24.5 Å². The molecule has 0 saturated carbocycles. The standard InChI is InChI=1S/C23H25NO5/c1-4-14-7-5-9-16-15(14)8-6-10-18(16)29-11-17-12(2)20-19(13(3)25)22(26)24(20)21(17)23(27)28/h5-10,12-13,19-20,25H,4,11H2,1-3H3,(H,27,28)/p-1/t12-,13+,19+,20+/m0/s1. The van der Waals surface area contributed by atoms with Crippen LogP contribution in [0, 0.1) is 11.8 Å². The third-order valence-electron chi connectivity index (χ3n) is 6.25. The van der Waals surface area contributed by atoms with Crippen LogP contribution in [0.25, 0.3) is 10.8 Å². The molecule has 6 heteroatoms. The Kier molecular flexibility index (Phi) is 4.82. The van der Waals surface area contributed by atoms with E-state index in [0.29, 0.717) is 11.3 Å². The summed E-state index contributed by atoms with van der Waals surface area (Å²) in [6.45, 7) is 5.57. The van der Waals surface area contributed by atoms with Crippen LogP contribution in [0.15, 0.2) is 47.7 Å². The lowest BCUT2D eigenvalue weighted by molar-refractivity contribution is -0.301. The minimum atomic E-state index is -1.39. The summed E-state index contributed by atoms with van der Waals surface area (Å²) in [5.41, 5.74) is 1.63. The van der Waals surface area contributed by atoms with Crippen LogP contribution in [0.4, 0.5) is 0 Å². The number of carboxylic acid groups (broad SMARTS) is 1. The van der Waals surface area contributed by atoms with Crippen molar-refractivity contribution in [1.82, 2.24) is 4.90 Å². The van der Waals surface area contributed by atoms with Crippen molar-refractivity contribution in [3.05, 3.63) is 53.2 Å². The average Bonchev–Trinajstić information content (AvgIpc) is 2.94. The monoisotopic (exact) mass is 394 g/mol. The Labute approximate surface area is 169 Å². The number of carboxylic acids is 1. The van der Waals surface area contributed by atoms with Crippen LogP contribution in [0.5, 0.6) is 5.75 Å². The molecular formula is C23H24NO5-. The van der Waals surface area contributed by atoms with Crippen LogP contribution in [-0.2, 0) is 16.0 Å². The molecule has 0 aliphatic carbocycles. The van der Waals surface area contributed by atoms with Crippen molar-refractivity contribution in [1.29, 1.82) is 0 Å². The lowest BCUT2D eigenvalue weighted by Gasteiger charge is -2.47. The molecule has 2 aromatic carbocycles. The fourth-order valence-corrected chi connectivity index (χ4v) is 4.76. The number of aliphatic hydroxyl groups is 1. The van der Waals surface area contributed by atoms with Crippen LogP contribution >= 0.6 is 0 Å². The zero-order valence-electron chi connectivity index (χ0n) is 16.7. The first-order valence-electron chi connectivity index (χ1n) is 9.95. The van der Waals surface area contributed by atoms with Gasteiger partial charge in [0, 0.05) is 11.3 Å². The number of ether oxygens (including phenoxy) is 1. The van der Waals surface area contributed by atoms with Gasteiger partial charge in [-0.2, -0.15) is 0 Å². The number of aryl methyl sites for hydroxylation is 1. The first kappa shape index (κ1) is 19.5. The van der Waals surface area contributed by atoms with Crippen LogP contribution in [0.2, 0.25) is 0 Å². The molecule has 0 bridgehead atoms. The number of hydrogen-bond acceptors (Lipinski definition) is 5. The van der Waals surface area contributed by atoms with Gasteiger partial charge in [0.05, 0.1) is 29.7 Å². The van der Waals surface area contributed by atoms with E-state index >= 15 is 0 Å². The van der Waals surface area contributed by atoms with Gasteiger partial charge in [-0.15, -0.1) is 0 Å². The predicted octanol–water partition coefficient (Wildman–Crippen LogP) is 1.64. The first-order valence-corrected chi connectivity index (χ1v) is 9.95. The van der Waals surface area contributed by atoms with Crippen molar-refractivity contribution in [2.24, 2.45) is 11.8 Å². The number of amides is 1. The number of carbonyl (C=O) groups excluding carboxylic acids is 2. The third-order valence-corrected chi connectivity index (χ3v) is 6.25. The fourth-order valence-electron chi connectivity index (χ4n) is 4.76. The molecule has 0 radical (unpaired) electrons. The molecule has 0 aromatic heterocycles. The van der Waals surface area contributed by atoms with Crippen molar-refractivity contribution >= 4 is 22.6 Å². The molecule has 0 spiro atoms. The van der Waals surface area contributed by atoms with Gasteiger partial charge >= 0.3 is 0 Å². The lowest BCUT2D eigenvalue weighted by Crippen LogP contribution is -2.64. The third kappa shape index (κ3) is 2.90. The molecule has 2 aliphatic rings. The molecule has 4 atom stereocenters. The summed E-state index contributed by atoms with van der Waals surface area (Å²) in [7, 11) is 0. The summed E-state index contributed by atoms with van der Waals surface area (Å²) in [5, 5.41) is 23.8. The SMILES string of the molecule is CCc1cccc2c(OCC3=C(C(=O)[O-])N4C(=O)[C@H]([C@@H](C)O)[C@H]4[C@H]3C)cccc12. The molecule has 1 N–H and O–H groups in total. The number of fused-ring (bicyclic) bond motifs is 2. The number of nitrogens with zero attached hydrogens (tertiary/aromatic N) is 1. The normalized spacial score (nSPS) is 24.5. The van der Waals surface area contributed by atoms with E-state index in [1.165, 1.54) is 10.5 Å². The van der Waals surface area contributed by atoms with Crippen molar-refractivity contribution in [3.8, 4) is 5.75 Å². The van der Waals surface area contributed by atoms with Gasteiger partial charge in [0.1, 0.15) is 12.4 Å². The lowest BCUT2D eigenvalue weighted by atomic mass is 9.78. The van der Waals surface area contributed by atoms with Gasteiger partial charge in [-0.3, -0.25) is 4.79 Å². The molecule has 152 valence electrons. The maximum Gasteiger partial charge on any atom is 0.235 e. The van der Waals surface area contributed by atoms with Crippen molar-refractivity contribution in [2.45, 2.75) is 39.3 Å². The van der Waals surface area contributed by atoms with E-state index in [0.717, 1.165) is 17.2 Å². The van der Waals surface area contributed by atoms with Crippen LogP contribution in [0.3, 0.4) is 0 Å². The molecule has 2 aliphatic heterocycles. The Balaban J connectivity index is 1.66. The van der Waals surface area contributed by atoms with Gasteiger partial charge < -0.3 is 24.6 Å². The van der Waals surface area contributed by atoms with E-state index in [9.17, 15) is 19.8 Å². The summed E-state index contributed by atoms with van der Waals surface area (Å²) < 4.78 is 6.06. The molecule has 2 aromatic rings. The zero-order valence-corrected chi connectivity index (χ0v) is 16.7. The molecule has 29 heavy (non-hydrogen) atoms. The Morgan fingerprint density at radius 3 is 2.59 bits per heavy atom. The molecule has 1 amide bonds. The molecule has 4 rings (SSSR count). The Bertz CT molecular complexity index is 1030. The van der Waals surface area contributed by atoms with E-state index in [1.54, 1.807) is 6.92 Å². The Hall–Kier alpha value is -2.86. The molecular weight excluding hydrogens is 370 g/mol. The predicted molar refractivity (Wildman–Crippen MR) is 106 cm³/mol. The highest BCUT2D eigenvalue weighted by atomic mass is 16.5. The van der Waals surface area contributed by atoms with Gasteiger partial charge in [-0.1, -0.05) is 44.2 Å². The molecule has 0 unspecified atom stereocenters. The Morgan fingerprint density at radius 2 is 1.93 bits per heavy atom. The number of β-lactam (4-membered cyclic amide) rings is 1. The van der Waals surface area contributed by atoms with E-state index < -0.39 is 18.0 Å². The van der Waals surface area contributed by atoms with Gasteiger partial charge in [0.15, 0.2) is 0 Å². The summed E-state index contributed by atoms with van der Waals surface area (Å²) in [5.74, 6) is -1.92. The van der Waals surface area contributed by atoms with Gasteiger partial charge in [-0.05, 0) is 35.9 Å². The highest BCUT2D eigenvalue weighted by Gasteiger charge is 2.58. The van der Waals surface area contributed by atoms with E-state index in [4.69, 9.17) is 4.74 Å². The van der Waals surface area contributed by atoms with Gasteiger partial charge in [0.2, 0.25) is 5.91 Å². The second-order valence-corrected chi connectivity index (χ2v) is 7.83. The van der Waals surface area contributed by atoms with Crippen LogP contribution in [-0.4, -0.2) is 40.6 Å². The zero-order chi connectivity index (χ0) is 20.9. The number of aliphatic carboxylic acids is 1. The van der Waals surface area contributed by atoms with Crippen molar-refractivity contribution in [2.75, 3.05) is 6.61 Å². The van der Waals surface area contributed by atoms with E-state index in [1.807, 2.05) is 37.3 Å². The number of rotatable bonds is 6. The molecule has 6 nitrogen and oxygen atoms in total. The highest BCUT2D eigenvalue weighted by Crippen LogP contribution is 2.47. The second kappa shape index (κ2) is 7.19. The van der Waals surface area contributed by atoms with Crippen LogP contribution in [0.1, 0.15) is 26.3 Å². The number of hydrogen-bond donors (Lipinski definition) is 1. The molecule has 2 heterocycles. The highest BCUT2D eigenvalue weighted by molar-refractivity contribution is 5.99. The number of aliphatic hydroxyl groups excluding tert-OH is 1. The largest absolute Gasteiger partial charge is 0.543 e.